The van der Waals surface area contributed by atoms with Gasteiger partial charge < -0.3 is 10.2 Å². The standard InChI is InChI=1S/C13H17BrClN3/c1-18(13-12(15)4-8(14)7-16-13)11-5-9-2-3-10(6-11)17-9/h4,7,9-11,17H,2-3,5-6H2,1H3. The summed E-state index contributed by atoms with van der Waals surface area (Å²) in [5.41, 5.74) is 0. The second-order valence-electron chi connectivity index (χ2n) is 5.33. The van der Waals surface area contributed by atoms with Crippen molar-refractivity contribution in [2.24, 2.45) is 0 Å². The fraction of sp³-hybridized carbons (Fsp3) is 0.615. The lowest BCUT2D eigenvalue weighted by Crippen LogP contribution is -2.47. The summed E-state index contributed by atoms with van der Waals surface area (Å²) in [4.78, 5) is 6.70. The molecule has 2 aliphatic rings. The summed E-state index contributed by atoms with van der Waals surface area (Å²) in [6, 6.07) is 3.83. The van der Waals surface area contributed by atoms with Crippen molar-refractivity contribution >= 4 is 33.3 Å². The van der Waals surface area contributed by atoms with Crippen LogP contribution < -0.4 is 10.2 Å². The largest absolute Gasteiger partial charge is 0.355 e. The number of halogens is 2. The number of rotatable bonds is 2. The second kappa shape index (κ2) is 4.99. The highest BCUT2D eigenvalue weighted by Gasteiger charge is 2.35. The van der Waals surface area contributed by atoms with Gasteiger partial charge in [0, 0.05) is 35.8 Å². The van der Waals surface area contributed by atoms with Crippen LogP contribution in [-0.2, 0) is 0 Å². The van der Waals surface area contributed by atoms with Crippen LogP contribution in [0.3, 0.4) is 0 Å². The number of piperidine rings is 1. The molecule has 0 amide bonds. The third-order valence-electron chi connectivity index (χ3n) is 4.12. The minimum absolute atomic E-state index is 0.551. The zero-order chi connectivity index (χ0) is 12.7. The average Bonchev–Trinajstić information content (AvgIpc) is 2.67. The molecule has 2 aliphatic heterocycles. The van der Waals surface area contributed by atoms with Crippen LogP contribution in [0, 0.1) is 0 Å². The smallest absolute Gasteiger partial charge is 0.147 e. The van der Waals surface area contributed by atoms with E-state index in [1.54, 1.807) is 0 Å². The highest BCUT2D eigenvalue weighted by atomic mass is 79.9. The first kappa shape index (κ1) is 12.7. The normalized spacial score (nSPS) is 30.5. The lowest BCUT2D eigenvalue weighted by Gasteiger charge is -2.36. The van der Waals surface area contributed by atoms with Gasteiger partial charge >= 0.3 is 0 Å². The molecule has 1 aromatic rings. The van der Waals surface area contributed by atoms with Crippen LogP contribution in [0.15, 0.2) is 16.7 Å². The number of hydrogen-bond acceptors (Lipinski definition) is 3. The molecular formula is C13H17BrClN3. The number of hydrogen-bond donors (Lipinski definition) is 1. The summed E-state index contributed by atoms with van der Waals surface area (Å²) < 4.78 is 0.926. The van der Waals surface area contributed by atoms with E-state index >= 15 is 0 Å². The Balaban J connectivity index is 1.79. The summed E-state index contributed by atoms with van der Waals surface area (Å²) in [5, 5.41) is 4.38. The van der Waals surface area contributed by atoms with Crippen molar-refractivity contribution in [1.29, 1.82) is 0 Å². The van der Waals surface area contributed by atoms with Gasteiger partial charge in [-0.1, -0.05) is 11.6 Å². The Kier molecular flexibility index (Phi) is 3.52. The summed E-state index contributed by atoms with van der Waals surface area (Å²) in [7, 11) is 2.11. The van der Waals surface area contributed by atoms with E-state index in [0.717, 1.165) is 15.3 Å². The molecule has 2 saturated heterocycles. The molecule has 2 bridgehead atoms. The Morgan fingerprint density at radius 2 is 2.06 bits per heavy atom. The van der Waals surface area contributed by atoms with Crippen molar-refractivity contribution in [1.82, 2.24) is 10.3 Å². The topological polar surface area (TPSA) is 28.2 Å². The Bertz CT molecular complexity index is 442. The molecule has 2 unspecified atom stereocenters. The SMILES string of the molecule is CN(c1ncc(Br)cc1Cl)C1CC2CCC(C1)N2. The van der Waals surface area contributed by atoms with Crippen molar-refractivity contribution < 1.29 is 0 Å². The van der Waals surface area contributed by atoms with Crippen LogP contribution in [0.1, 0.15) is 25.7 Å². The molecule has 0 radical (unpaired) electrons. The van der Waals surface area contributed by atoms with E-state index < -0.39 is 0 Å². The van der Waals surface area contributed by atoms with E-state index in [0.29, 0.717) is 18.1 Å². The van der Waals surface area contributed by atoms with Crippen LogP contribution in [-0.4, -0.2) is 30.2 Å². The van der Waals surface area contributed by atoms with Gasteiger partial charge in [0.05, 0.1) is 5.02 Å². The lowest BCUT2D eigenvalue weighted by molar-refractivity contribution is 0.354. The molecule has 3 rings (SSSR count). The quantitative estimate of drug-likeness (QED) is 0.902. The number of pyridine rings is 1. The van der Waals surface area contributed by atoms with Crippen LogP contribution >= 0.6 is 27.5 Å². The predicted molar refractivity (Wildman–Crippen MR) is 78.3 cm³/mol. The Hall–Kier alpha value is -0.320. The van der Waals surface area contributed by atoms with Gasteiger partial charge in [-0.05, 0) is 47.7 Å². The second-order valence-corrected chi connectivity index (χ2v) is 6.66. The van der Waals surface area contributed by atoms with Gasteiger partial charge in [0.15, 0.2) is 0 Å². The van der Waals surface area contributed by atoms with E-state index in [-0.39, 0.29) is 0 Å². The van der Waals surface area contributed by atoms with Crippen LogP contribution in [0.25, 0.3) is 0 Å². The molecule has 0 aliphatic carbocycles. The predicted octanol–water partition coefficient (Wildman–Crippen LogP) is 3.22. The monoisotopic (exact) mass is 329 g/mol. The van der Waals surface area contributed by atoms with Crippen LogP contribution in [0.5, 0.6) is 0 Å². The molecule has 98 valence electrons. The molecule has 0 spiro atoms. The van der Waals surface area contributed by atoms with Gasteiger partial charge in [0.2, 0.25) is 0 Å². The lowest BCUT2D eigenvalue weighted by atomic mass is 9.98. The van der Waals surface area contributed by atoms with Gasteiger partial charge in [-0.15, -0.1) is 0 Å². The van der Waals surface area contributed by atoms with Gasteiger partial charge in [0.1, 0.15) is 5.82 Å². The van der Waals surface area contributed by atoms with E-state index in [2.05, 4.69) is 38.2 Å². The maximum atomic E-state index is 6.28. The summed E-state index contributed by atoms with van der Waals surface area (Å²) in [5.74, 6) is 0.895. The maximum absolute atomic E-state index is 6.28. The van der Waals surface area contributed by atoms with Gasteiger partial charge in [-0.25, -0.2) is 4.98 Å². The highest BCUT2D eigenvalue weighted by molar-refractivity contribution is 9.10. The first-order chi connectivity index (χ1) is 8.63. The van der Waals surface area contributed by atoms with Gasteiger partial charge in [-0.2, -0.15) is 0 Å². The summed E-state index contributed by atoms with van der Waals surface area (Å²) in [6.07, 6.45) is 6.84. The number of nitrogens with zero attached hydrogens (tertiary/aromatic N) is 2. The molecule has 3 nitrogen and oxygen atoms in total. The maximum Gasteiger partial charge on any atom is 0.147 e. The zero-order valence-electron chi connectivity index (χ0n) is 10.4. The number of nitrogens with one attached hydrogen (secondary N) is 1. The third-order valence-corrected chi connectivity index (χ3v) is 4.83. The molecule has 0 aromatic carbocycles. The van der Waals surface area contributed by atoms with Crippen molar-refractivity contribution in [3.8, 4) is 0 Å². The molecule has 18 heavy (non-hydrogen) atoms. The van der Waals surface area contributed by atoms with Crippen molar-refractivity contribution in [2.45, 2.75) is 43.8 Å². The summed E-state index contributed by atoms with van der Waals surface area (Å²) >= 11 is 9.68. The van der Waals surface area contributed by atoms with E-state index in [1.165, 1.54) is 25.7 Å². The molecule has 5 heteroatoms. The van der Waals surface area contributed by atoms with Crippen LogP contribution in [0.4, 0.5) is 5.82 Å². The van der Waals surface area contributed by atoms with Crippen LogP contribution in [0.2, 0.25) is 5.02 Å². The first-order valence-corrected chi connectivity index (χ1v) is 7.60. The number of aromatic nitrogens is 1. The Morgan fingerprint density at radius 3 is 2.67 bits per heavy atom. The highest BCUT2D eigenvalue weighted by Crippen LogP contribution is 2.33. The van der Waals surface area contributed by atoms with Crippen molar-refractivity contribution in [3.63, 3.8) is 0 Å². The van der Waals surface area contributed by atoms with E-state index in [1.807, 2.05) is 12.3 Å². The third kappa shape index (κ3) is 2.38. The molecule has 1 aromatic heterocycles. The fourth-order valence-corrected chi connectivity index (χ4v) is 3.95. The van der Waals surface area contributed by atoms with E-state index in [9.17, 15) is 0 Å². The molecular weight excluding hydrogens is 314 g/mol. The minimum atomic E-state index is 0.551. The molecule has 2 atom stereocenters. The Labute approximate surface area is 121 Å². The first-order valence-electron chi connectivity index (χ1n) is 6.43. The molecule has 2 fully saturated rings. The number of fused-ring (bicyclic) bond motifs is 2. The molecule has 3 heterocycles. The average molecular weight is 331 g/mol. The molecule has 0 saturated carbocycles. The summed E-state index contributed by atoms with van der Waals surface area (Å²) in [6.45, 7) is 0. The van der Waals surface area contributed by atoms with Gasteiger partial charge in [-0.3, -0.25) is 0 Å². The number of anilines is 1. The minimum Gasteiger partial charge on any atom is -0.355 e. The van der Waals surface area contributed by atoms with Gasteiger partial charge in [0.25, 0.3) is 0 Å². The molecule has 1 N–H and O–H groups in total. The fourth-order valence-electron chi connectivity index (χ4n) is 3.18. The van der Waals surface area contributed by atoms with Crippen molar-refractivity contribution in [2.75, 3.05) is 11.9 Å². The van der Waals surface area contributed by atoms with Crippen molar-refractivity contribution in [3.05, 3.63) is 21.8 Å². The van der Waals surface area contributed by atoms with E-state index in [4.69, 9.17) is 11.6 Å². The zero-order valence-corrected chi connectivity index (χ0v) is 12.7. The Morgan fingerprint density at radius 1 is 1.39 bits per heavy atom.